The Morgan fingerprint density at radius 2 is 1.54 bits per heavy atom. The van der Waals surface area contributed by atoms with Crippen LogP contribution in [0.25, 0.3) is 0 Å². The van der Waals surface area contributed by atoms with Crippen LogP contribution in [0.15, 0.2) is 49.8 Å². The molecule has 0 radical (unpaired) electrons. The fraction of sp³-hybridized carbons (Fsp3) is 0.167. The summed E-state index contributed by atoms with van der Waals surface area (Å²) in [5.41, 5.74) is -1.62. The van der Waals surface area contributed by atoms with Crippen LogP contribution in [0.3, 0.4) is 0 Å². The second kappa shape index (κ2) is 5.89. The molecule has 2 rings (SSSR count). The average molecular weight is 374 g/mol. The Morgan fingerprint density at radius 3 is 2.04 bits per heavy atom. The van der Waals surface area contributed by atoms with Crippen molar-refractivity contribution in [2.45, 2.75) is 9.79 Å². The molecule has 0 unspecified atom stereocenters. The van der Waals surface area contributed by atoms with Crippen molar-refractivity contribution < 1.29 is 16.8 Å². The first-order chi connectivity index (χ1) is 10.9. The van der Waals surface area contributed by atoms with Crippen molar-refractivity contribution in [1.29, 1.82) is 0 Å². The Labute approximate surface area is 137 Å². The highest BCUT2D eigenvalue weighted by atomic mass is 32.2. The molecule has 0 aliphatic carbocycles. The number of rotatable bonds is 4. The maximum atomic E-state index is 12.3. The Balaban J connectivity index is 2.47. The van der Waals surface area contributed by atoms with Crippen LogP contribution in [0.4, 0.5) is 5.69 Å². The molecular weight excluding hydrogens is 360 g/mol. The number of nitrogens with two attached hydrogens (primary N) is 1. The van der Waals surface area contributed by atoms with Crippen LogP contribution in [0, 0.1) is 0 Å². The van der Waals surface area contributed by atoms with E-state index in [4.69, 9.17) is 5.14 Å². The molecular formula is C12H14N4O6S2. The Morgan fingerprint density at radius 1 is 1.00 bits per heavy atom. The lowest BCUT2D eigenvalue weighted by atomic mass is 10.3. The van der Waals surface area contributed by atoms with Crippen LogP contribution in [0.2, 0.25) is 0 Å². The minimum absolute atomic E-state index is 0.0262. The van der Waals surface area contributed by atoms with E-state index in [1.54, 1.807) is 0 Å². The molecule has 0 atom stereocenters. The predicted molar refractivity (Wildman–Crippen MR) is 85.5 cm³/mol. The SMILES string of the molecule is Cn1cc(S(=O)(=O)Nc2ccc(S(N)(=O)=O)cc2)c(=O)n(C)c1=O. The fourth-order valence-electron chi connectivity index (χ4n) is 1.88. The van der Waals surface area contributed by atoms with Gasteiger partial charge >= 0.3 is 5.69 Å². The summed E-state index contributed by atoms with van der Waals surface area (Å²) in [5, 5.41) is 4.95. The van der Waals surface area contributed by atoms with Gasteiger partial charge in [0.15, 0.2) is 4.90 Å². The Hall–Kier alpha value is -2.44. The number of aryl methyl sites for hydroxylation is 1. The number of anilines is 1. The summed E-state index contributed by atoms with van der Waals surface area (Å²) >= 11 is 0. The molecule has 0 aliphatic rings. The molecule has 0 bridgehead atoms. The minimum Gasteiger partial charge on any atom is -0.302 e. The highest BCUT2D eigenvalue weighted by Gasteiger charge is 2.21. The second-order valence-corrected chi connectivity index (χ2v) is 8.14. The summed E-state index contributed by atoms with van der Waals surface area (Å²) in [5.74, 6) is 0. The Bertz CT molecular complexity index is 1110. The molecule has 1 aromatic heterocycles. The number of primary sulfonamides is 1. The molecule has 0 fully saturated rings. The molecule has 130 valence electrons. The van der Waals surface area contributed by atoms with Gasteiger partial charge in [-0.05, 0) is 24.3 Å². The first kappa shape index (κ1) is 17.9. The normalized spacial score (nSPS) is 12.1. The number of nitrogens with zero attached hydrogens (tertiary/aromatic N) is 2. The van der Waals surface area contributed by atoms with E-state index in [0.717, 1.165) is 29.9 Å². The summed E-state index contributed by atoms with van der Waals surface area (Å²) < 4.78 is 50.8. The number of hydrogen-bond acceptors (Lipinski definition) is 6. The molecule has 0 amide bonds. The van der Waals surface area contributed by atoms with E-state index in [1.807, 2.05) is 0 Å². The molecule has 3 N–H and O–H groups in total. The lowest BCUT2D eigenvalue weighted by molar-refractivity contribution is 0.589. The van der Waals surface area contributed by atoms with E-state index in [1.165, 1.54) is 19.2 Å². The van der Waals surface area contributed by atoms with Crippen molar-refractivity contribution in [1.82, 2.24) is 9.13 Å². The summed E-state index contributed by atoms with van der Waals surface area (Å²) in [6, 6.07) is 4.60. The van der Waals surface area contributed by atoms with Gasteiger partial charge < -0.3 is 4.57 Å². The number of aromatic nitrogens is 2. The third kappa shape index (κ3) is 3.39. The van der Waals surface area contributed by atoms with Gasteiger partial charge in [-0.3, -0.25) is 14.1 Å². The van der Waals surface area contributed by atoms with Crippen LogP contribution in [0.1, 0.15) is 0 Å². The van der Waals surface area contributed by atoms with E-state index in [9.17, 15) is 26.4 Å². The molecule has 10 nitrogen and oxygen atoms in total. The summed E-state index contributed by atoms with van der Waals surface area (Å²) in [4.78, 5) is 22.8. The van der Waals surface area contributed by atoms with Gasteiger partial charge in [-0.15, -0.1) is 0 Å². The van der Waals surface area contributed by atoms with Crippen LogP contribution in [0.5, 0.6) is 0 Å². The van der Waals surface area contributed by atoms with Gasteiger partial charge in [0.2, 0.25) is 10.0 Å². The first-order valence-corrected chi connectivity index (χ1v) is 9.39. The van der Waals surface area contributed by atoms with Gasteiger partial charge in [0.1, 0.15) is 0 Å². The van der Waals surface area contributed by atoms with Crippen molar-refractivity contribution in [3.05, 3.63) is 51.3 Å². The van der Waals surface area contributed by atoms with Gasteiger partial charge in [0, 0.05) is 26.0 Å². The second-order valence-electron chi connectivity index (χ2n) is 4.93. The molecule has 1 aromatic carbocycles. The standard InChI is InChI=1S/C12H14N4O6S2/c1-15-7-10(11(17)16(2)12(15)18)24(21,22)14-8-3-5-9(6-4-8)23(13,19)20/h3-7,14H,1-2H3,(H2,13,19,20). The zero-order valence-electron chi connectivity index (χ0n) is 12.6. The Kier molecular flexibility index (Phi) is 4.39. The van der Waals surface area contributed by atoms with Crippen molar-refractivity contribution in [3.63, 3.8) is 0 Å². The van der Waals surface area contributed by atoms with Crippen molar-refractivity contribution in [2.24, 2.45) is 19.2 Å². The third-order valence-corrected chi connectivity index (χ3v) is 5.43. The smallest absolute Gasteiger partial charge is 0.302 e. The summed E-state index contributed by atoms with van der Waals surface area (Å²) in [6.45, 7) is 0. The summed E-state index contributed by atoms with van der Waals surface area (Å²) in [6.07, 6.45) is 0.908. The monoisotopic (exact) mass is 374 g/mol. The van der Waals surface area contributed by atoms with Crippen molar-refractivity contribution in [3.8, 4) is 0 Å². The van der Waals surface area contributed by atoms with Crippen molar-refractivity contribution >= 4 is 25.7 Å². The van der Waals surface area contributed by atoms with E-state index >= 15 is 0 Å². The highest BCUT2D eigenvalue weighted by Crippen LogP contribution is 2.16. The maximum absolute atomic E-state index is 12.3. The van der Waals surface area contributed by atoms with Gasteiger partial charge in [-0.1, -0.05) is 0 Å². The van der Waals surface area contributed by atoms with E-state index in [-0.39, 0.29) is 10.6 Å². The predicted octanol–water partition coefficient (Wildman–Crippen LogP) is -1.47. The van der Waals surface area contributed by atoms with Crippen molar-refractivity contribution in [2.75, 3.05) is 4.72 Å². The topological polar surface area (TPSA) is 150 Å². The molecule has 0 aliphatic heterocycles. The van der Waals surface area contributed by atoms with Gasteiger partial charge in [0.05, 0.1) is 4.90 Å². The molecule has 0 spiro atoms. The zero-order chi connectivity index (χ0) is 18.3. The molecule has 12 heteroatoms. The van der Waals surface area contributed by atoms with Crippen LogP contribution < -0.4 is 21.1 Å². The third-order valence-electron chi connectivity index (χ3n) is 3.14. The summed E-state index contributed by atoms with van der Waals surface area (Å²) in [7, 11) is -5.72. The molecule has 0 saturated heterocycles. The van der Waals surface area contributed by atoms with Gasteiger partial charge in [-0.2, -0.15) is 0 Å². The molecule has 24 heavy (non-hydrogen) atoms. The van der Waals surface area contributed by atoms with Gasteiger partial charge in [0.25, 0.3) is 15.6 Å². The average Bonchev–Trinajstić information content (AvgIpc) is 2.48. The van der Waals surface area contributed by atoms with Crippen LogP contribution in [-0.2, 0) is 34.1 Å². The molecule has 2 aromatic rings. The largest absolute Gasteiger partial charge is 0.330 e. The van der Waals surface area contributed by atoms with Crippen LogP contribution in [-0.4, -0.2) is 26.0 Å². The maximum Gasteiger partial charge on any atom is 0.330 e. The zero-order valence-corrected chi connectivity index (χ0v) is 14.3. The fourth-order valence-corrected chi connectivity index (χ4v) is 3.62. The lowest BCUT2D eigenvalue weighted by Gasteiger charge is -2.10. The minimum atomic E-state index is -4.28. The van der Waals surface area contributed by atoms with E-state index < -0.39 is 36.2 Å². The first-order valence-electron chi connectivity index (χ1n) is 6.36. The van der Waals surface area contributed by atoms with E-state index in [2.05, 4.69) is 4.72 Å². The molecule has 1 heterocycles. The highest BCUT2D eigenvalue weighted by molar-refractivity contribution is 7.92. The lowest BCUT2D eigenvalue weighted by Crippen LogP contribution is -2.40. The van der Waals surface area contributed by atoms with E-state index in [0.29, 0.717) is 4.57 Å². The molecule has 0 saturated carbocycles. The number of hydrogen-bond donors (Lipinski definition) is 2. The number of sulfonamides is 2. The van der Waals surface area contributed by atoms with Gasteiger partial charge in [-0.25, -0.2) is 26.8 Å². The number of benzene rings is 1. The number of nitrogens with one attached hydrogen (secondary N) is 1. The van der Waals surface area contributed by atoms with Crippen LogP contribution >= 0.6 is 0 Å². The quantitative estimate of drug-likeness (QED) is 0.667.